The van der Waals surface area contributed by atoms with Crippen molar-refractivity contribution in [2.24, 2.45) is 5.73 Å². The van der Waals surface area contributed by atoms with E-state index >= 15 is 0 Å². The second kappa shape index (κ2) is 5.61. The molecule has 18 heavy (non-hydrogen) atoms. The van der Waals surface area contributed by atoms with Gasteiger partial charge in [0.1, 0.15) is 0 Å². The molecule has 2 aromatic rings. The summed E-state index contributed by atoms with van der Waals surface area (Å²) in [6.45, 7) is 4.50. The first-order valence-electron chi connectivity index (χ1n) is 5.99. The number of aryl methyl sites for hydroxylation is 2. The molecule has 0 spiro atoms. The number of thiophene rings is 1. The normalized spacial score (nSPS) is 14.4. The van der Waals surface area contributed by atoms with Gasteiger partial charge in [-0.05, 0) is 37.6 Å². The molecule has 3 N–H and O–H groups in total. The SMILES string of the molecule is Cc1cc(C(O)C(CN)c2ccccn2)sc1C. The van der Waals surface area contributed by atoms with Gasteiger partial charge in [-0.1, -0.05) is 6.07 Å². The van der Waals surface area contributed by atoms with Crippen LogP contribution >= 0.6 is 11.3 Å². The number of rotatable bonds is 4. The van der Waals surface area contributed by atoms with Gasteiger partial charge in [0.15, 0.2) is 0 Å². The quantitative estimate of drug-likeness (QED) is 0.890. The number of aliphatic hydroxyl groups is 1. The first-order chi connectivity index (χ1) is 8.63. The van der Waals surface area contributed by atoms with E-state index in [0.717, 1.165) is 10.6 Å². The van der Waals surface area contributed by atoms with Gasteiger partial charge >= 0.3 is 0 Å². The Hall–Kier alpha value is -1.23. The number of pyridine rings is 1. The predicted octanol–water partition coefficient (Wildman–Crippen LogP) is 2.54. The topological polar surface area (TPSA) is 59.1 Å². The summed E-state index contributed by atoms with van der Waals surface area (Å²) in [6, 6.07) is 7.73. The Bertz CT molecular complexity index is 490. The molecule has 0 fully saturated rings. The van der Waals surface area contributed by atoms with Crippen LogP contribution in [0.4, 0.5) is 0 Å². The van der Waals surface area contributed by atoms with Crippen molar-refractivity contribution in [1.82, 2.24) is 4.98 Å². The monoisotopic (exact) mass is 262 g/mol. The molecule has 2 rings (SSSR count). The Morgan fingerprint density at radius 1 is 1.39 bits per heavy atom. The van der Waals surface area contributed by atoms with Crippen molar-refractivity contribution in [3.63, 3.8) is 0 Å². The van der Waals surface area contributed by atoms with Crippen molar-refractivity contribution in [2.75, 3.05) is 6.54 Å². The summed E-state index contributed by atoms with van der Waals surface area (Å²) < 4.78 is 0. The number of nitrogens with zero attached hydrogens (tertiary/aromatic N) is 1. The second-order valence-corrected chi connectivity index (χ2v) is 5.72. The molecule has 0 aliphatic rings. The second-order valence-electron chi connectivity index (χ2n) is 4.43. The predicted molar refractivity (Wildman–Crippen MR) is 74.8 cm³/mol. The molecule has 0 bridgehead atoms. The highest BCUT2D eigenvalue weighted by Gasteiger charge is 2.24. The van der Waals surface area contributed by atoms with Crippen LogP contribution in [0.2, 0.25) is 0 Å². The van der Waals surface area contributed by atoms with E-state index in [1.165, 1.54) is 10.4 Å². The molecular formula is C14H18N2OS. The third kappa shape index (κ3) is 2.61. The molecule has 2 aromatic heterocycles. The highest BCUT2D eigenvalue weighted by atomic mass is 32.1. The van der Waals surface area contributed by atoms with Crippen LogP contribution in [0, 0.1) is 13.8 Å². The lowest BCUT2D eigenvalue weighted by Gasteiger charge is -2.19. The van der Waals surface area contributed by atoms with Gasteiger partial charge in [-0.3, -0.25) is 4.98 Å². The third-order valence-corrected chi connectivity index (χ3v) is 4.40. The maximum atomic E-state index is 10.5. The first kappa shape index (κ1) is 13.2. The number of aliphatic hydroxyl groups excluding tert-OH is 1. The summed E-state index contributed by atoms with van der Waals surface area (Å²) in [5.41, 5.74) is 7.85. The highest BCUT2D eigenvalue weighted by Crippen LogP contribution is 2.34. The summed E-state index contributed by atoms with van der Waals surface area (Å²) in [4.78, 5) is 6.49. The van der Waals surface area contributed by atoms with E-state index in [1.54, 1.807) is 17.5 Å². The Labute approximate surface area is 111 Å². The number of hydrogen-bond donors (Lipinski definition) is 2. The Morgan fingerprint density at radius 2 is 2.17 bits per heavy atom. The van der Waals surface area contributed by atoms with Gasteiger partial charge in [0.05, 0.1) is 6.10 Å². The fourth-order valence-electron chi connectivity index (χ4n) is 1.95. The average Bonchev–Trinajstić information content (AvgIpc) is 2.72. The van der Waals surface area contributed by atoms with E-state index in [-0.39, 0.29) is 5.92 Å². The van der Waals surface area contributed by atoms with E-state index in [4.69, 9.17) is 5.73 Å². The summed E-state index contributed by atoms with van der Waals surface area (Å²) >= 11 is 1.63. The van der Waals surface area contributed by atoms with E-state index in [1.807, 2.05) is 24.3 Å². The molecule has 2 heterocycles. The molecule has 0 aliphatic heterocycles. The van der Waals surface area contributed by atoms with Gasteiger partial charge in [-0.2, -0.15) is 0 Å². The molecular weight excluding hydrogens is 244 g/mol. The molecule has 4 heteroatoms. The average molecular weight is 262 g/mol. The van der Waals surface area contributed by atoms with Gasteiger partial charge in [0.25, 0.3) is 0 Å². The lowest BCUT2D eigenvalue weighted by Crippen LogP contribution is -2.20. The third-order valence-electron chi connectivity index (χ3n) is 3.18. The minimum atomic E-state index is -0.581. The molecule has 0 radical (unpaired) electrons. The van der Waals surface area contributed by atoms with Crippen molar-refractivity contribution < 1.29 is 5.11 Å². The van der Waals surface area contributed by atoms with Crippen LogP contribution in [0.25, 0.3) is 0 Å². The van der Waals surface area contributed by atoms with Crippen LogP contribution in [0.1, 0.15) is 33.0 Å². The van der Waals surface area contributed by atoms with Crippen LogP contribution in [0.15, 0.2) is 30.5 Å². The molecule has 2 unspecified atom stereocenters. The fourth-order valence-corrected chi connectivity index (χ4v) is 3.05. The molecule has 0 amide bonds. The lowest BCUT2D eigenvalue weighted by atomic mass is 9.96. The molecule has 2 atom stereocenters. The van der Waals surface area contributed by atoms with Crippen LogP contribution < -0.4 is 5.73 Å². The summed E-state index contributed by atoms with van der Waals surface area (Å²) in [6.07, 6.45) is 1.15. The van der Waals surface area contributed by atoms with E-state index in [0.29, 0.717) is 6.54 Å². The van der Waals surface area contributed by atoms with Crippen molar-refractivity contribution in [3.05, 3.63) is 51.5 Å². The van der Waals surface area contributed by atoms with E-state index in [2.05, 4.69) is 18.8 Å². The van der Waals surface area contributed by atoms with Gasteiger partial charge in [0, 0.05) is 34.1 Å². The largest absolute Gasteiger partial charge is 0.387 e. The van der Waals surface area contributed by atoms with Crippen LogP contribution in [-0.4, -0.2) is 16.6 Å². The Kier molecular flexibility index (Phi) is 4.11. The number of aromatic nitrogens is 1. The molecule has 0 saturated heterocycles. The van der Waals surface area contributed by atoms with Gasteiger partial charge in [0.2, 0.25) is 0 Å². The standard InChI is InChI=1S/C14H18N2OS/c1-9-7-13(18-10(9)2)14(17)11(8-15)12-5-3-4-6-16-12/h3-7,11,14,17H,8,15H2,1-2H3. The minimum absolute atomic E-state index is 0.149. The summed E-state index contributed by atoms with van der Waals surface area (Å²) in [5, 5.41) is 10.5. The lowest BCUT2D eigenvalue weighted by molar-refractivity contribution is 0.149. The van der Waals surface area contributed by atoms with Crippen LogP contribution in [-0.2, 0) is 0 Å². The molecule has 0 aromatic carbocycles. The summed E-state index contributed by atoms with van der Waals surface area (Å²) in [5.74, 6) is -0.149. The first-order valence-corrected chi connectivity index (χ1v) is 6.81. The Balaban J connectivity index is 2.28. The van der Waals surface area contributed by atoms with Gasteiger partial charge < -0.3 is 10.8 Å². The fraction of sp³-hybridized carbons (Fsp3) is 0.357. The molecule has 96 valence electrons. The van der Waals surface area contributed by atoms with Gasteiger partial charge in [-0.15, -0.1) is 11.3 Å². The van der Waals surface area contributed by atoms with Gasteiger partial charge in [-0.25, -0.2) is 0 Å². The zero-order valence-corrected chi connectivity index (χ0v) is 11.4. The van der Waals surface area contributed by atoms with Crippen molar-refractivity contribution >= 4 is 11.3 Å². The van der Waals surface area contributed by atoms with E-state index < -0.39 is 6.10 Å². The smallest absolute Gasteiger partial charge is 0.0977 e. The zero-order chi connectivity index (χ0) is 13.1. The van der Waals surface area contributed by atoms with Crippen LogP contribution in [0.3, 0.4) is 0 Å². The van der Waals surface area contributed by atoms with Crippen LogP contribution in [0.5, 0.6) is 0 Å². The van der Waals surface area contributed by atoms with E-state index in [9.17, 15) is 5.11 Å². The summed E-state index contributed by atoms with van der Waals surface area (Å²) in [7, 11) is 0. The van der Waals surface area contributed by atoms with Crippen molar-refractivity contribution in [2.45, 2.75) is 25.9 Å². The maximum absolute atomic E-state index is 10.5. The van der Waals surface area contributed by atoms with Crippen molar-refractivity contribution in [1.29, 1.82) is 0 Å². The highest BCUT2D eigenvalue weighted by molar-refractivity contribution is 7.12. The maximum Gasteiger partial charge on any atom is 0.0977 e. The molecule has 3 nitrogen and oxygen atoms in total. The Morgan fingerprint density at radius 3 is 2.67 bits per heavy atom. The minimum Gasteiger partial charge on any atom is -0.387 e. The molecule has 0 aliphatic carbocycles. The zero-order valence-electron chi connectivity index (χ0n) is 10.6. The molecule has 0 saturated carbocycles. The number of hydrogen-bond acceptors (Lipinski definition) is 4. The number of nitrogens with two attached hydrogens (primary N) is 1. The van der Waals surface area contributed by atoms with Crippen molar-refractivity contribution in [3.8, 4) is 0 Å².